The first-order valence-electron chi connectivity index (χ1n) is 13.4. The Labute approximate surface area is 247 Å². The summed E-state index contributed by atoms with van der Waals surface area (Å²) in [5.74, 6) is -3.22. The second-order valence-electron chi connectivity index (χ2n) is 10.4. The number of hydrogen-bond acceptors (Lipinski definition) is 6. The van der Waals surface area contributed by atoms with Crippen molar-refractivity contribution in [1.82, 2.24) is 4.90 Å². The number of aliphatic hydroxyl groups excluding tert-OH is 1. The Hall–Kier alpha value is -2.72. The van der Waals surface area contributed by atoms with Gasteiger partial charge < -0.3 is 24.4 Å². The molecule has 0 saturated carbocycles. The van der Waals surface area contributed by atoms with Crippen LogP contribution in [-0.2, 0) is 23.9 Å². The van der Waals surface area contributed by atoms with Crippen LogP contribution in [0.25, 0.3) is 0 Å². The molecule has 2 aromatic carbocycles. The third-order valence-electron chi connectivity index (χ3n) is 8.25. The molecule has 212 valence electrons. The Morgan fingerprint density at radius 1 is 1.30 bits per heavy atom. The van der Waals surface area contributed by atoms with Gasteiger partial charge in [0.05, 0.1) is 47.9 Å². The van der Waals surface area contributed by atoms with Crippen molar-refractivity contribution in [2.45, 2.75) is 48.9 Å². The Kier molecular flexibility index (Phi) is 8.12. The van der Waals surface area contributed by atoms with E-state index in [1.54, 1.807) is 37.3 Å². The van der Waals surface area contributed by atoms with E-state index in [9.17, 15) is 19.5 Å². The van der Waals surface area contributed by atoms with Crippen molar-refractivity contribution in [2.24, 2.45) is 11.8 Å². The molecular formula is C30H32BrClN2O6. The van der Waals surface area contributed by atoms with Gasteiger partial charge in [0.1, 0.15) is 11.6 Å². The van der Waals surface area contributed by atoms with E-state index >= 15 is 0 Å². The third kappa shape index (κ3) is 4.38. The molecule has 40 heavy (non-hydrogen) atoms. The number of alkyl halides is 1. The molecule has 3 fully saturated rings. The highest BCUT2D eigenvalue weighted by Gasteiger charge is 2.77. The van der Waals surface area contributed by atoms with Crippen molar-refractivity contribution < 1.29 is 29.0 Å². The normalized spacial score (nSPS) is 29.3. The fourth-order valence-electron chi connectivity index (χ4n) is 6.75. The first kappa shape index (κ1) is 28.8. The van der Waals surface area contributed by atoms with Gasteiger partial charge in [-0.2, -0.15) is 0 Å². The minimum atomic E-state index is -1.32. The van der Waals surface area contributed by atoms with Crippen LogP contribution in [0.15, 0.2) is 61.2 Å². The predicted molar refractivity (Wildman–Crippen MR) is 154 cm³/mol. The van der Waals surface area contributed by atoms with Crippen LogP contribution in [0.5, 0.6) is 0 Å². The molecule has 2 amide bonds. The summed E-state index contributed by atoms with van der Waals surface area (Å²) < 4.78 is 12.0. The van der Waals surface area contributed by atoms with Crippen molar-refractivity contribution in [3.8, 4) is 0 Å². The summed E-state index contributed by atoms with van der Waals surface area (Å²) in [5, 5.41) is 11.0. The topological polar surface area (TPSA) is 96.4 Å². The molecule has 3 unspecified atom stereocenters. The maximum absolute atomic E-state index is 14.8. The number of halogens is 2. The molecule has 3 heterocycles. The van der Waals surface area contributed by atoms with Gasteiger partial charge in [-0.15, -0.1) is 6.58 Å². The monoisotopic (exact) mass is 630 g/mol. The summed E-state index contributed by atoms with van der Waals surface area (Å²) >= 11 is 10.3. The van der Waals surface area contributed by atoms with E-state index in [1.807, 2.05) is 31.2 Å². The van der Waals surface area contributed by atoms with E-state index < -0.39 is 60.0 Å². The number of rotatable bonds is 9. The number of carbonyl (C=O) groups is 3. The quantitative estimate of drug-likeness (QED) is 0.253. The fraction of sp³-hybridized carbons (Fsp3) is 0.433. The van der Waals surface area contributed by atoms with Gasteiger partial charge in [-0.3, -0.25) is 14.4 Å². The lowest BCUT2D eigenvalue weighted by Crippen LogP contribution is -2.57. The number of hydrogen-bond donors (Lipinski definition) is 1. The maximum atomic E-state index is 14.8. The second kappa shape index (κ2) is 11.3. The van der Waals surface area contributed by atoms with Crippen molar-refractivity contribution in [3.05, 3.63) is 77.3 Å². The van der Waals surface area contributed by atoms with Crippen LogP contribution in [0.4, 0.5) is 5.69 Å². The van der Waals surface area contributed by atoms with E-state index in [4.69, 9.17) is 21.1 Å². The summed E-state index contributed by atoms with van der Waals surface area (Å²) in [6.45, 7) is 7.26. The van der Waals surface area contributed by atoms with Crippen molar-refractivity contribution in [3.63, 3.8) is 0 Å². The Morgan fingerprint density at radius 2 is 2.02 bits per heavy atom. The number of esters is 1. The van der Waals surface area contributed by atoms with E-state index in [0.717, 1.165) is 5.56 Å². The molecule has 7 atom stereocenters. The smallest absolute Gasteiger partial charge is 0.312 e. The summed E-state index contributed by atoms with van der Waals surface area (Å²) in [6.07, 6.45) is 1.29. The SMILES string of the molecule is C=CCN(C(=O)C1N([C@H](CO)c2ccccc2)C(=O)[C@@H]2[C@@H](C(=O)OCC)[C@@H]3OC12CC3Br)c1c(C)cccc1Cl. The molecular weight excluding hydrogens is 600 g/mol. The number of amides is 2. The molecule has 0 aromatic heterocycles. The van der Waals surface area contributed by atoms with Gasteiger partial charge in [-0.1, -0.05) is 76.1 Å². The highest BCUT2D eigenvalue weighted by molar-refractivity contribution is 9.09. The summed E-state index contributed by atoms with van der Waals surface area (Å²) in [7, 11) is 0. The average molecular weight is 632 g/mol. The van der Waals surface area contributed by atoms with Crippen LogP contribution < -0.4 is 4.90 Å². The van der Waals surface area contributed by atoms with E-state index in [2.05, 4.69) is 22.5 Å². The summed E-state index contributed by atoms with van der Waals surface area (Å²) in [4.78, 5) is 45.2. The molecule has 0 radical (unpaired) electrons. The van der Waals surface area contributed by atoms with Gasteiger partial charge in [0.2, 0.25) is 5.91 Å². The van der Waals surface area contributed by atoms with E-state index in [1.165, 1.54) is 9.80 Å². The number of carbonyl (C=O) groups excluding carboxylic acids is 3. The highest BCUT2D eigenvalue weighted by atomic mass is 79.9. The van der Waals surface area contributed by atoms with Gasteiger partial charge in [0, 0.05) is 11.4 Å². The minimum absolute atomic E-state index is 0.125. The number of ether oxygens (including phenoxy) is 2. The standard InChI is InChI=1S/C30H32BrClN2O6/c1-4-14-33(24-17(3)10-9-13-20(24)32)28(37)26-30-15-19(31)25(40-30)22(29(38)39-5-2)23(30)27(36)34(26)21(16-35)18-11-7-6-8-12-18/h4,6-13,19,21-23,25-26,35H,1,5,14-16H2,2-3H3/t19?,21-,22-,23+,25-,26?,30?/m1/s1. The molecule has 2 aromatic rings. The average Bonchev–Trinajstić information content (AvgIpc) is 3.52. The zero-order valence-electron chi connectivity index (χ0n) is 22.3. The molecule has 5 rings (SSSR count). The van der Waals surface area contributed by atoms with Crippen LogP contribution in [-0.4, -0.2) is 70.1 Å². The van der Waals surface area contributed by atoms with Crippen molar-refractivity contribution >= 4 is 51.0 Å². The van der Waals surface area contributed by atoms with Crippen LogP contribution in [0, 0.1) is 18.8 Å². The van der Waals surface area contributed by atoms with E-state index in [0.29, 0.717) is 22.7 Å². The Bertz CT molecular complexity index is 1300. The number of benzene rings is 2. The predicted octanol–water partition coefficient (Wildman–Crippen LogP) is 4.21. The zero-order valence-corrected chi connectivity index (χ0v) is 24.7. The van der Waals surface area contributed by atoms with Gasteiger partial charge >= 0.3 is 5.97 Å². The number of nitrogens with zero attached hydrogens (tertiary/aromatic N) is 2. The van der Waals surface area contributed by atoms with Crippen molar-refractivity contribution in [2.75, 3.05) is 24.7 Å². The lowest BCUT2D eigenvalue weighted by Gasteiger charge is -2.40. The van der Waals surface area contributed by atoms with Gasteiger partial charge in [-0.05, 0) is 37.5 Å². The molecule has 0 aliphatic carbocycles. The van der Waals surface area contributed by atoms with Gasteiger partial charge in [0.25, 0.3) is 5.91 Å². The first-order valence-corrected chi connectivity index (χ1v) is 14.6. The minimum Gasteiger partial charge on any atom is -0.466 e. The number of aliphatic hydroxyl groups is 1. The second-order valence-corrected chi connectivity index (χ2v) is 12.0. The Balaban J connectivity index is 1.69. The Morgan fingerprint density at radius 3 is 2.65 bits per heavy atom. The highest BCUT2D eigenvalue weighted by Crippen LogP contribution is 2.61. The molecule has 10 heteroatoms. The van der Waals surface area contributed by atoms with Gasteiger partial charge in [-0.25, -0.2) is 0 Å². The zero-order chi connectivity index (χ0) is 28.8. The van der Waals surface area contributed by atoms with Gasteiger partial charge in [0.15, 0.2) is 0 Å². The number of anilines is 1. The van der Waals surface area contributed by atoms with E-state index in [-0.39, 0.29) is 18.0 Å². The molecule has 1 spiro atoms. The molecule has 3 aliphatic rings. The largest absolute Gasteiger partial charge is 0.466 e. The summed E-state index contributed by atoms with van der Waals surface area (Å²) in [6, 6.07) is 12.4. The maximum Gasteiger partial charge on any atom is 0.312 e. The third-order valence-corrected chi connectivity index (χ3v) is 9.40. The molecule has 3 aliphatic heterocycles. The number of fused-ring (bicyclic) bond motifs is 1. The van der Waals surface area contributed by atoms with Crippen LogP contribution in [0.2, 0.25) is 5.02 Å². The molecule has 1 N–H and O–H groups in total. The number of likely N-dealkylation sites (tertiary alicyclic amines) is 1. The first-order chi connectivity index (χ1) is 19.2. The molecule has 2 bridgehead atoms. The molecule has 8 nitrogen and oxygen atoms in total. The number of aryl methyl sites for hydroxylation is 1. The lowest BCUT2D eigenvalue weighted by molar-refractivity contribution is -0.155. The van der Waals surface area contributed by atoms with Crippen LogP contribution in [0.1, 0.15) is 30.5 Å². The number of para-hydroxylation sites is 1. The fourth-order valence-corrected chi connectivity index (χ4v) is 8.02. The van der Waals surface area contributed by atoms with Crippen molar-refractivity contribution in [1.29, 1.82) is 0 Å². The lowest BCUT2D eigenvalue weighted by atomic mass is 9.70. The van der Waals surface area contributed by atoms with Crippen LogP contribution in [0.3, 0.4) is 0 Å². The summed E-state index contributed by atoms with van der Waals surface area (Å²) in [5.41, 5.74) is 0.621. The van der Waals surface area contributed by atoms with Crippen LogP contribution >= 0.6 is 27.5 Å². The molecule has 3 saturated heterocycles.